The summed E-state index contributed by atoms with van der Waals surface area (Å²) in [6.45, 7) is 7.21. The van der Waals surface area contributed by atoms with Crippen molar-refractivity contribution in [3.05, 3.63) is 30.1 Å². The number of nitrogens with zero attached hydrogens (tertiary/aromatic N) is 3. The molecule has 3 aliphatic heterocycles. The van der Waals surface area contributed by atoms with Gasteiger partial charge in [0, 0.05) is 64.5 Å². The molecule has 2 N–H and O–H groups in total. The summed E-state index contributed by atoms with van der Waals surface area (Å²) in [5, 5.41) is 5.76. The Morgan fingerprint density at radius 2 is 1.76 bits per heavy atom. The van der Waals surface area contributed by atoms with E-state index in [0.29, 0.717) is 25.9 Å². The molecule has 4 rings (SSSR count). The summed E-state index contributed by atoms with van der Waals surface area (Å²) in [7, 11) is 0. The van der Waals surface area contributed by atoms with Crippen molar-refractivity contribution in [1.29, 1.82) is 0 Å². The number of halogens is 1. The molecule has 3 aliphatic rings. The van der Waals surface area contributed by atoms with Crippen LogP contribution in [0.1, 0.15) is 32.6 Å². The standard InChI is InChI=1S/C24H34FN5O3/c1-18(31)26-17-22(32)30-10-7-24(8-11-30)16-20(27-23(24)33)6-9-28-12-14-29(15-13-28)21-4-2-19(25)3-5-21/h2-5,20H,6-17H2,1H3,(H,26,31)(H,27,33)/t20-/m0/s1. The Balaban J connectivity index is 1.19. The number of amides is 3. The largest absolute Gasteiger partial charge is 0.369 e. The number of benzene rings is 1. The number of anilines is 1. The van der Waals surface area contributed by atoms with Crippen molar-refractivity contribution in [3.8, 4) is 0 Å². The molecule has 0 saturated carbocycles. The van der Waals surface area contributed by atoms with Crippen LogP contribution < -0.4 is 15.5 Å². The minimum Gasteiger partial charge on any atom is -0.369 e. The van der Waals surface area contributed by atoms with Crippen molar-refractivity contribution < 1.29 is 18.8 Å². The highest BCUT2D eigenvalue weighted by atomic mass is 19.1. The lowest BCUT2D eigenvalue weighted by molar-refractivity contribution is -0.138. The molecule has 1 aromatic carbocycles. The summed E-state index contributed by atoms with van der Waals surface area (Å²) >= 11 is 0. The van der Waals surface area contributed by atoms with Crippen LogP contribution in [0.2, 0.25) is 0 Å². The van der Waals surface area contributed by atoms with Gasteiger partial charge >= 0.3 is 0 Å². The van der Waals surface area contributed by atoms with Crippen LogP contribution in [0.25, 0.3) is 0 Å². The Labute approximate surface area is 194 Å². The predicted molar refractivity (Wildman–Crippen MR) is 123 cm³/mol. The van der Waals surface area contributed by atoms with Gasteiger partial charge < -0.3 is 20.4 Å². The van der Waals surface area contributed by atoms with Gasteiger partial charge in [-0.25, -0.2) is 4.39 Å². The first-order chi connectivity index (χ1) is 15.8. The van der Waals surface area contributed by atoms with Gasteiger partial charge in [0.05, 0.1) is 12.0 Å². The molecular formula is C24H34FN5O3. The van der Waals surface area contributed by atoms with E-state index >= 15 is 0 Å². The molecular weight excluding hydrogens is 425 g/mol. The Morgan fingerprint density at radius 1 is 1.09 bits per heavy atom. The maximum atomic E-state index is 13.1. The van der Waals surface area contributed by atoms with Crippen LogP contribution in [-0.2, 0) is 14.4 Å². The van der Waals surface area contributed by atoms with Crippen molar-refractivity contribution in [2.75, 3.05) is 57.3 Å². The maximum Gasteiger partial charge on any atom is 0.241 e. The van der Waals surface area contributed by atoms with E-state index in [0.717, 1.165) is 51.3 Å². The number of carbonyl (C=O) groups excluding carboxylic acids is 3. The summed E-state index contributed by atoms with van der Waals surface area (Å²) < 4.78 is 13.1. The minimum atomic E-state index is -0.364. The number of rotatable bonds is 6. The van der Waals surface area contributed by atoms with Gasteiger partial charge in [0.15, 0.2) is 0 Å². The maximum absolute atomic E-state index is 13.1. The van der Waals surface area contributed by atoms with Gasteiger partial charge in [-0.1, -0.05) is 0 Å². The van der Waals surface area contributed by atoms with E-state index in [4.69, 9.17) is 0 Å². The molecule has 0 aromatic heterocycles. The van der Waals surface area contributed by atoms with Crippen molar-refractivity contribution >= 4 is 23.4 Å². The van der Waals surface area contributed by atoms with Gasteiger partial charge in [0.25, 0.3) is 0 Å². The van der Waals surface area contributed by atoms with Crippen LogP contribution >= 0.6 is 0 Å². The van der Waals surface area contributed by atoms with E-state index in [1.54, 1.807) is 4.90 Å². The molecule has 33 heavy (non-hydrogen) atoms. The molecule has 0 bridgehead atoms. The molecule has 1 spiro atoms. The van der Waals surface area contributed by atoms with E-state index in [1.807, 2.05) is 12.1 Å². The van der Waals surface area contributed by atoms with Crippen molar-refractivity contribution in [1.82, 2.24) is 20.4 Å². The second kappa shape index (κ2) is 10.1. The van der Waals surface area contributed by atoms with Crippen LogP contribution in [0, 0.1) is 11.2 Å². The summed E-state index contributed by atoms with van der Waals surface area (Å²) in [6, 6.07) is 6.84. The second-order valence-corrected chi connectivity index (χ2v) is 9.54. The highest BCUT2D eigenvalue weighted by Crippen LogP contribution is 2.41. The van der Waals surface area contributed by atoms with Crippen LogP contribution in [0.4, 0.5) is 10.1 Å². The average molecular weight is 460 g/mol. The van der Waals surface area contributed by atoms with E-state index in [9.17, 15) is 18.8 Å². The zero-order valence-corrected chi connectivity index (χ0v) is 19.3. The number of hydrogen-bond acceptors (Lipinski definition) is 5. The van der Waals surface area contributed by atoms with Crippen LogP contribution in [0.15, 0.2) is 24.3 Å². The van der Waals surface area contributed by atoms with Gasteiger partial charge in [-0.15, -0.1) is 0 Å². The fraction of sp³-hybridized carbons (Fsp3) is 0.625. The highest BCUT2D eigenvalue weighted by Gasteiger charge is 2.48. The SMILES string of the molecule is CC(=O)NCC(=O)N1CCC2(CC1)C[C@H](CCN1CCN(c3ccc(F)cc3)CC1)NC2=O. The number of hydrogen-bond donors (Lipinski definition) is 2. The molecule has 1 atom stereocenters. The molecule has 8 nitrogen and oxygen atoms in total. The molecule has 9 heteroatoms. The summed E-state index contributed by atoms with van der Waals surface area (Å²) in [5.74, 6) is -0.389. The molecule has 0 radical (unpaired) electrons. The van der Waals surface area contributed by atoms with Crippen molar-refractivity contribution in [2.45, 2.75) is 38.6 Å². The third-order valence-corrected chi connectivity index (χ3v) is 7.37. The number of carbonyl (C=O) groups is 3. The smallest absolute Gasteiger partial charge is 0.241 e. The monoisotopic (exact) mass is 459 g/mol. The third-order valence-electron chi connectivity index (χ3n) is 7.37. The number of piperidine rings is 1. The highest BCUT2D eigenvalue weighted by molar-refractivity contribution is 5.86. The Bertz CT molecular complexity index is 861. The Hall–Kier alpha value is -2.68. The lowest BCUT2D eigenvalue weighted by Crippen LogP contribution is -2.48. The van der Waals surface area contributed by atoms with E-state index in [2.05, 4.69) is 20.4 Å². The minimum absolute atomic E-state index is 0.0194. The zero-order chi connectivity index (χ0) is 23.4. The van der Waals surface area contributed by atoms with E-state index < -0.39 is 0 Å². The van der Waals surface area contributed by atoms with Crippen molar-refractivity contribution in [3.63, 3.8) is 0 Å². The molecule has 3 fully saturated rings. The lowest BCUT2D eigenvalue weighted by Gasteiger charge is -2.38. The summed E-state index contributed by atoms with van der Waals surface area (Å²) in [4.78, 5) is 42.5. The molecule has 180 valence electrons. The second-order valence-electron chi connectivity index (χ2n) is 9.54. The van der Waals surface area contributed by atoms with E-state index in [-0.39, 0.29) is 41.5 Å². The fourth-order valence-electron chi connectivity index (χ4n) is 5.28. The summed E-state index contributed by atoms with van der Waals surface area (Å²) in [6.07, 6.45) is 3.11. The third kappa shape index (κ3) is 5.63. The zero-order valence-electron chi connectivity index (χ0n) is 19.3. The fourth-order valence-corrected chi connectivity index (χ4v) is 5.28. The molecule has 3 saturated heterocycles. The average Bonchev–Trinajstić information content (AvgIpc) is 3.12. The first-order valence-electron chi connectivity index (χ1n) is 11.9. The topological polar surface area (TPSA) is 85.0 Å². The number of nitrogens with one attached hydrogen (secondary N) is 2. The number of piperazine rings is 1. The molecule has 3 heterocycles. The van der Waals surface area contributed by atoms with Crippen LogP contribution in [-0.4, -0.2) is 85.9 Å². The van der Waals surface area contributed by atoms with Gasteiger partial charge in [-0.05, 0) is 49.9 Å². The molecule has 1 aromatic rings. The number of likely N-dealkylation sites (tertiary alicyclic amines) is 1. The Kier molecular flexibility index (Phi) is 7.17. The van der Waals surface area contributed by atoms with Gasteiger partial charge in [0.1, 0.15) is 5.82 Å². The lowest BCUT2D eigenvalue weighted by atomic mass is 9.75. The molecule has 0 unspecified atom stereocenters. The van der Waals surface area contributed by atoms with Crippen LogP contribution in [0.5, 0.6) is 0 Å². The van der Waals surface area contributed by atoms with Gasteiger partial charge in [-0.2, -0.15) is 0 Å². The predicted octanol–water partition coefficient (Wildman–Crippen LogP) is 0.971. The molecule has 3 amide bonds. The van der Waals surface area contributed by atoms with Gasteiger partial charge in [0.2, 0.25) is 17.7 Å². The Morgan fingerprint density at radius 3 is 2.39 bits per heavy atom. The van der Waals surface area contributed by atoms with E-state index in [1.165, 1.54) is 19.1 Å². The normalized spacial score (nSPS) is 23.0. The quantitative estimate of drug-likeness (QED) is 0.662. The van der Waals surface area contributed by atoms with Crippen molar-refractivity contribution in [2.24, 2.45) is 5.41 Å². The summed E-state index contributed by atoms with van der Waals surface area (Å²) in [5.41, 5.74) is 0.694. The molecule has 0 aliphatic carbocycles. The van der Waals surface area contributed by atoms with Gasteiger partial charge in [-0.3, -0.25) is 19.3 Å². The first kappa shape index (κ1) is 23.5. The van der Waals surface area contributed by atoms with Crippen LogP contribution in [0.3, 0.4) is 0 Å². The first-order valence-corrected chi connectivity index (χ1v) is 11.9.